The smallest absolute Gasteiger partial charge is 0.416 e. The zero-order valence-corrected chi connectivity index (χ0v) is 12.0. The summed E-state index contributed by atoms with van der Waals surface area (Å²) in [6.45, 7) is 0. The number of amides is 1. The molecule has 6 nitrogen and oxygen atoms in total. The molecule has 0 fully saturated rings. The van der Waals surface area contributed by atoms with Crippen molar-refractivity contribution in [3.8, 4) is 0 Å². The summed E-state index contributed by atoms with van der Waals surface area (Å²) in [6.07, 6.45) is 0.362. The molecule has 1 aromatic carbocycles. The molecule has 0 aliphatic carbocycles. The molecule has 0 aromatic heterocycles. The number of hydrogen-bond acceptors (Lipinski definition) is 5. The molecule has 1 aliphatic rings. The molecule has 7 heteroatoms. The largest absolute Gasteiger partial charge is 0.452 e. The van der Waals surface area contributed by atoms with Crippen LogP contribution in [0.1, 0.15) is 16.8 Å². The van der Waals surface area contributed by atoms with Gasteiger partial charge in [-0.3, -0.25) is 0 Å². The van der Waals surface area contributed by atoms with Crippen LogP contribution >= 0.6 is 11.6 Å². The maximum atomic E-state index is 12.1. The summed E-state index contributed by atoms with van der Waals surface area (Å²) >= 11 is 5.81. The highest BCUT2D eigenvalue weighted by molar-refractivity contribution is 6.30. The first kappa shape index (κ1) is 15.3. The Hall–Kier alpha value is -2.05. The van der Waals surface area contributed by atoms with Crippen LogP contribution in [0.4, 0.5) is 4.79 Å². The third-order valence-corrected chi connectivity index (χ3v) is 3.16. The lowest BCUT2D eigenvalue weighted by atomic mass is 10.1. The van der Waals surface area contributed by atoms with Crippen molar-refractivity contribution in [1.29, 1.82) is 0 Å². The van der Waals surface area contributed by atoms with E-state index in [9.17, 15) is 14.7 Å². The first-order valence-corrected chi connectivity index (χ1v) is 6.58. The average Bonchev–Trinajstić information content (AvgIpc) is 2.48. The van der Waals surface area contributed by atoms with Gasteiger partial charge in [-0.1, -0.05) is 23.7 Å². The quantitative estimate of drug-likeness (QED) is 0.847. The van der Waals surface area contributed by atoms with Crippen LogP contribution < -0.4 is 0 Å². The van der Waals surface area contributed by atoms with Crippen molar-refractivity contribution in [3.05, 3.63) is 47.1 Å². The molecule has 0 bridgehead atoms. The van der Waals surface area contributed by atoms with Gasteiger partial charge in [0.25, 0.3) is 0 Å². The first-order chi connectivity index (χ1) is 10.0. The number of carbonyl (C=O) groups is 2. The number of nitrogens with zero attached hydrogens (tertiary/aromatic N) is 1. The maximum absolute atomic E-state index is 12.1. The fourth-order valence-corrected chi connectivity index (χ4v) is 2.09. The topological polar surface area (TPSA) is 76.1 Å². The van der Waals surface area contributed by atoms with Crippen LogP contribution in [-0.2, 0) is 9.47 Å². The number of carbonyl (C=O) groups excluding carboxylic acids is 2. The Morgan fingerprint density at radius 3 is 2.86 bits per heavy atom. The summed E-state index contributed by atoms with van der Waals surface area (Å²) < 4.78 is 9.79. The van der Waals surface area contributed by atoms with E-state index in [-0.39, 0.29) is 12.0 Å². The summed E-state index contributed by atoms with van der Waals surface area (Å²) in [4.78, 5) is 24.7. The van der Waals surface area contributed by atoms with Crippen molar-refractivity contribution in [3.63, 3.8) is 0 Å². The van der Waals surface area contributed by atoms with Crippen LogP contribution in [0.2, 0.25) is 5.02 Å². The number of halogens is 1. The van der Waals surface area contributed by atoms with E-state index in [1.807, 2.05) is 0 Å². The van der Waals surface area contributed by atoms with Crippen LogP contribution in [-0.4, -0.2) is 41.5 Å². The third-order valence-electron chi connectivity index (χ3n) is 2.92. The zero-order valence-electron chi connectivity index (χ0n) is 11.2. The molecule has 2 rings (SSSR count). The highest BCUT2D eigenvalue weighted by Gasteiger charge is 2.34. The molecule has 0 saturated carbocycles. The summed E-state index contributed by atoms with van der Waals surface area (Å²) in [5, 5.41) is 10.3. The summed E-state index contributed by atoms with van der Waals surface area (Å²) in [6, 6.07) is 6.20. The summed E-state index contributed by atoms with van der Waals surface area (Å²) in [7, 11) is 1.20. The van der Waals surface area contributed by atoms with E-state index in [4.69, 9.17) is 16.3 Å². The SMILES string of the molecule is COC(=O)N1C=CC[C@@H](O)[C@@H]1OC(=O)c1cccc(Cl)c1. The van der Waals surface area contributed by atoms with Gasteiger partial charge in [-0.2, -0.15) is 0 Å². The van der Waals surface area contributed by atoms with E-state index in [1.165, 1.54) is 25.4 Å². The Bertz CT molecular complexity index is 574. The van der Waals surface area contributed by atoms with Crippen LogP contribution in [0.15, 0.2) is 36.5 Å². The van der Waals surface area contributed by atoms with Crippen molar-refractivity contribution in [1.82, 2.24) is 4.90 Å². The minimum atomic E-state index is -1.14. The Kier molecular flexibility index (Phi) is 4.82. The molecule has 1 amide bonds. The van der Waals surface area contributed by atoms with Crippen molar-refractivity contribution < 1.29 is 24.2 Å². The van der Waals surface area contributed by atoms with Gasteiger partial charge in [-0.15, -0.1) is 0 Å². The van der Waals surface area contributed by atoms with Crippen molar-refractivity contribution in [2.24, 2.45) is 0 Å². The molecule has 1 N–H and O–H groups in total. The molecule has 0 unspecified atom stereocenters. The molecular weight excluding hydrogens is 298 g/mol. The average molecular weight is 312 g/mol. The Labute approximate surface area is 126 Å². The van der Waals surface area contributed by atoms with Crippen molar-refractivity contribution in [2.45, 2.75) is 18.8 Å². The number of hydrogen-bond donors (Lipinski definition) is 1. The predicted octanol–water partition coefficient (Wildman–Crippen LogP) is 2.17. The highest BCUT2D eigenvalue weighted by atomic mass is 35.5. The van der Waals surface area contributed by atoms with Crippen LogP contribution in [0, 0.1) is 0 Å². The van der Waals surface area contributed by atoms with E-state index in [0.29, 0.717) is 5.02 Å². The van der Waals surface area contributed by atoms with Crippen LogP contribution in [0.5, 0.6) is 0 Å². The van der Waals surface area contributed by atoms with E-state index < -0.39 is 24.4 Å². The minimum absolute atomic E-state index is 0.231. The molecule has 0 saturated heterocycles. The number of aliphatic hydroxyl groups excluding tert-OH is 1. The molecule has 0 radical (unpaired) electrons. The second kappa shape index (κ2) is 6.60. The second-order valence-electron chi connectivity index (χ2n) is 4.37. The van der Waals surface area contributed by atoms with Crippen LogP contribution in [0.3, 0.4) is 0 Å². The molecule has 1 heterocycles. The van der Waals surface area contributed by atoms with Gasteiger partial charge in [0, 0.05) is 11.2 Å². The summed E-state index contributed by atoms with van der Waals surface area (Å²) in [5.41, 5.74) is 0.231. The van der Waals surface area contributed by atoms with Gasteiger partial charge in [-0.25, -0.2) is 14.5 Å². The number of aliphatic hydroxyl groups is 1. The van der Waals surface area contributed by atoms with Crippen molar-refractivity contribution in [2.75, 3.05) is 7.11 Å². The number of benzene rings is 1. The predicted molar refractivity (Wildman–Crippen MR) is 74.7 cm³/mol. The van der Waals surface area contributed by atoms with Gasteiger partial charge in [0.2, 0.25) is 6.23 Å². The van der Waals surface area contributed by atoms with Gasteiger partial charge in [0.15, 0.2) is 0 Å². The fourth-order valence-electron chi connectivity index (χ4n) is 1.90. The zero-order chi connectivity index (χ0) is 15.4. The Morgan fingerprint density at radius 2 is 2.19 bits per heavy atom. The normalized spacial score (nSPS) is 21.0. The number of ether oxygens (including phenoxy) is 2. The monoisotopic (exact) mass is 311 g/mol. The fraction of sp³-hybridized carbons (Fsp3) is 0.286. The van der Waals surface area contributed by atoms with E-state index in [1.54, 1.807) is 18.2 Å². The lowest BCUT2D eigenvalue weighted by molar-refractivity contribution is -0.0759. The lowest BCUT2D eigenvalue weighted by Gasteiger charge is -2.33. The van der Waals surface area contributed by atoms with E-state index >= 15 is 0 Å². The minimum Gasteiger partial charge on any atom is -0.452 e. The maximum Gasteiger partial charge on any atom is 0.416 e. The van der Waals surface area contributed by atoms with Gasteiger partial charge in [0.1, 0.15) is 6.10 Å². The van der Waals surface area contributed by atoms with Gasteiger partial charge >= 0.3 is 12.1 Å². The molecule has 2 atom stereocenters. The second-order valence-corrected chi connectivity index (χ2v) is 4.81. The molecular formula is C14H14ClNO5. The molecule has 1 aliphatic heterocycles. The van der Waals surface area contributed by atoms with Crippen LogP contribution in [0.25, 0.3) is 0 Å². The van der Waals surface area contributed by atoms with Gasteiger partial charge in [-0.05, 0) is 24.6 Å². The first-order valence-electron chi connectivity index (χ1n) is 6.20. The Balaban J connectivity index is 2.17. The molecule has 1 aromatic rings. The third kappa shape index (κ3) is 3.53. The van der Waals surface area contributed by atoms with Gasteiger partial charge in [0.05, 0.1) is 12.7 Å². The molecule has 21 heavy (non-hydrogen) atoms. The standard InChI is InChI=1S/C14H14ClNO5/c1-20-14(19)16-7-3-6-11(17)12(16)21-13(18)9-4-2-5-10(15)8-9/h2-5,7-8,11-12,17H,6H2,1H3/t11-,12+/m1/s1. The Morgan fingerprint density at radius 1 is 1.43 bits per heavy atom. The highest BCUT2D eigenvalue weighted by Crippen LogP contribution is 2.20. The lowest BCUT2D eigenvalue weighted by Crippen LogP contribution is -2.48. The van der Waals surface area contributed by atoms with E-state index in [2.05, 4.69) is 4.74 Å². The summed E-state index contributed by atoms with van der Waals surface area (Å²) in [5.74, 6) is -0.689. The van der Waals surface area contributed by atoms with Gasteiger partial charge < -0.3 is 14.6 Å². The number of methoxy groups -OCH3 is 1. The van der Waals surface area contributed by atoms with E-state index in [0.717, 1.165) is 4.90 Å². The molecule has 0 spiro atoms. The number of esters is 1. The van der Waals surface area contributed by atoms with Crippen molar-refractivity contribution >= 4 is 23.7 Å². The number of rotatable bonds is 2. The molecule has 112 valence electrons.